The lowest BCUT2D eigenvalue weighted by atomic mass is 10.1. The van der Waals surface area contributed by atoms with Crippen LogP contribution in [0.4, 0.5) is 11.4 Å². The normalized spacial score (nSPS) is 10.1. The van der Waals surface area contributed by atoms with E-state index in [0.29, 0.717) is 0 Å². The Morgan fingerprint density at radius 3 is 2.80 bits per heavy atom. The second-order valence-corrected chi connectivity index (χ2v) is 4.36. The zero-order chi connectivity index (χ0) is 14.5. The summed E-state index contributed by atoms with van der Waals surface area (Å²) in [5.41, 5.74) is 3.42. The lowest BCUT2D eigenvalue weighted by Gasteiger charge is -2.12. The van der Waals surface area contributed by atoms with Gasteiger partial charge in [-0.3, -0.25) is 9.48 Å². The van der Waals surface area contributed by atoms with E-state index in [9.17, 15) is 4.79 Å². The molecule has 2 N–H and O–H groups in total. The van der Waals surface area contributed by atoms with Crippen LogP contribution in [0.3, 0.4) is 0 Å². The van der Waals surface area contributed by atoms with E-state index < -0.39 is 0 Å². The second-order valence-electron chi connectivity index (χ2n) is 4.36. The number of amides is 1. The standard InChI is InChI=1S/C15H18N4O/c1-4-15(20)17-14-10-11(6-7-13(14)16-5-2)12-8-9-19(3)18-12/h4,6-10,16H,1,5H2,2-3H3,(H,17,20). The van der Waals surface area contributed by atoms with Crippen LogP contribution in [0.25, 0.3) is 11.3 Å². The van der Waals surface area contributed by atoms with Gasteiger partial charge in [0, 0.05) is 25.4 Å². The van der Waals surface area contributed by atoms with Crippen molar-refractivity contribution in [3.8, 4) is 11.3 Å². The zero-order valence-corrected chi connectivity index (χ0v) is 11.7. The van der Waals surface area contributed by atoms with Crippen molar-refractivity contribution in [2.45, 2.75) is 6.92 Å². The largest absolute Gasteiger partial charge is 0.384 e. The summed E-state index contributed by atoms with van der Waals surface area (Å²) in [5, 5.41) is 10.4. The van der Waals surface area contributed by atoms with Crippen LogP contribution in [0, 0.1) is 0 Å². The minimum absolute atomic E-state index is 0.234. The Hall–Kier alpha value is -2.56. The molecule has 0 saturated heterocycles. The maximum Gasteiger partial charge on any atom is 0.247 e. The number of nitrogens with zero attached hydrogens (tertiary/aromatic N) is 2. The fourth-order valence-electron chi connectivity index (χ4n) is 1.90. The van der Waals surface area contributed by atoms with Crippen LogP contribution in [-0.4, -0.2) is 22.2 Å². The maximum absolute atomic E-state index is 11.5. The molecular weight excluding hydrogens is 252 g/mol. The first-order chi connectivity index (χ1) is 9.63. The average molecular weight is 270 g/mol. The highest BCUT2D eigenvalue weighted by Crippen LogP contribution is 2.28. The number of carbonyl (C=O) groups excluding carboxylic acids is 1. The Kier molecular flexibility index (Phi) is 4.20. The van der Waals surface area contributed by atoms with Crippen molar-refractivity contribution in [1.29, 1.82) is 0 Å². The molecule has 0 fully saturated rings. The SMILES string of the molecule is C=CC(=O)Nc1cc(-c2ccn(C)n2)ccc1NCC. The van der Waals surface area contributed by atoms with Gasteiger partial charge >= 0.3 is 0 Å². The fourth-order valence-corrected chi connectivity index (χ4v) is 1.90. The molecule has 1 aromatic carbocycles. The summed E-state index contributed by atoms with van der Waals surface area (Å²) >= 11 is 0. The third kappa shape index (κ3) is 3.06. The first-order valence-electron chi connectivity index (χ1n) is 6.45. The molecule has 0 aliphatic rings. The highest BCUT2D eigenvalue weighted by molar-refractivity contribution is 6.01. The van der Waals surface area contributed by atoms with Gasteiger partial charge in [0.05, 0.1) is 17.1 Å². The van der Waals surface area contributed by atoms with Crippen LogP contribution in [0.15, 0.2) is 43.1 Å². The number of carbonyl (C=O) groups is 1. The van der Waals surface area contributed by atoms with Crippen LogP contribution >= 0.6 is 0 Å². The molecule has 20 heavy (non-hydrogen) atoms. The van der Waals surface area contributed by atoms with E-state index in [4.69, 9.17) is 0 Å². The quantitative estimate of drug-likeness (QED) is 0.821. The van der Waals surface area contributed by atoms with Crippen LogP contribution < -0.4 is 10.6 Å². The lowest BCUT2D eigenvalue weighted by Crippen LogP contribution is -2.10. The van der Waals surface area contributed by atoms with Crippen LogP contribution in [-0.2, 0) is 11.8 Å². The molecule has 0 bridgehead atoms. The van der Waals surface area contributed by atoms with Crippen LogP contribution in [0.1, 0.15) is 6.92 Å². The van der Waals surface area contributed by atoms with Crippen molar-refractivity contribution in [2.75, 3.05) is 17.2 Å². The van der Waals surface area contributed by atoms with Crippen molar-refractivity contribution in [3.05, 3.63) is 43.1 Å². The van der Waals surface area contributed by atoms with Gasteiger partial charge in [0.2, 0.25) is 5.91 Å². The number of hydrogen-bond donors (Lipinski definition) is 2. The molecule has 104 valence electrons. The van der Waals surface area contributed by atoms with Gasteiger partial charge in [-0.2, -0.15) is 5.10 Å². The summed E-state index contributed by atoms with van der Waals surface area (Å²) in [6, 6.07) is 7.75. The molecule has 0 unspecified atom stereocenters. The number of aryl methyl sites for hydroxylation is 1. The van der Waals surface area contributed by atoms with Gasteiger partial charge in [-0.1, -0.05) is 12.6 Å². The smallest absolute Gasteiger partial charge is 0.247 e. The summed E-state index contributed by atoms with van der Waals surface area (Å²) in [4.78, 5) is 11.5. The molecule has 0 aliphatic heterocycles. The van der Waals surface area contributed by atoms with Crippen molar-refractivity contribution >= 4 is 17.3 Å². The topological polar surface area (TPSA) is 59.0 Å². The first-order valence-corrected chi connectivity index (χ1v) is 6.45. The predicted octanol–water partition coefficient (Wildman–Crippen LogP) is 2.64. The minimum atomic E-state index is -0.234. The number of anilines is 2. The van der Waals surface area contributed by atoms with E-state index in [2.05, 4.69) is 22.3 Å². The van der Waals surface area contributed by atoms with Gasteiger partial charge in [-0.15, -0.1) is 0 Å². The van der Waals surface area contributed by atoms with Crippen molar-refractivity contribution in [3.63, 3.8) is 0 Å². The van der Waals surface area contributed by atoms with E-state index in [1.165, 1.54) is 6.08 Å². The summed E-state index contributed by atoms with van der Waals surface area (Å²) < 4.78 is 1.75. The highest BCUT2D eigenvalue weighted by atomic mass is 16.1. The van der Waals surface area contributed by atoms with E-state index in [0.717, 1.165) is 29.2 Å². The zero-order valence-electron chi connectivity index (χ0n) is 11.7. The highest BCUT2D eigenvalue weighted by Gasteiger charge is 2.08. The molecule has 5 nitrogen and oxygen atoms in total. The van der Waals surface area contributed by atoms with E-state index >= 15 is 0 Å². The molecule has 2 aromatic rings. The van der Waals surface area contributed by atoms with Gasteiger partial charge < -0.3 is 10.6 Å². The molecule has 1 amide bonds. The summed E-state index contributed by atoms with van der Waals surface area (Å²) in [6.45, 7) is 6.25. The maximum atomic E-state index is 11.5. The molecule has 0 aliphatic carbocycles. The average Bonchev–Trinajstić information content (AvgIpc) is 2.87. The van der Waals surface area contributed by atoms with Crippen molar-refractivity contribution in [1.82, 2.24) is 9.78 Å². The second kappa shape index (κ2) is 6.06. The molecule has 1 heterocycles. The molecule has 0 radical (unpaired) electrons. The predicted molar refractivity (Wildman–Crippen MR) is 81.6 cm³/mol. The Balaban J connectivity index is 2.39. The molecule has 0 atom stereocenters. The Morgan fingerprint density at radius 1 is 1.40 bits per heavy atom. The summed E-state index contributed by atoms with van der Waals surface area (Å²) in [7, 11) is 1.87. The monoisotopic (exact) mass is 270 g/mol. The van der Waals surface area contributed by atoms with Crippen LogP contribution in [0.5, 0.6) is 0 Å². The van der Waals surface area contributed by atoms with Crippen LogP contribution in [0.2, 0.25) is 0 Å². The Morgan fingerprint density at radius 2 is 2.20 bits per heavy atom. The van der Waals surface area contributed by atoms with Gasteiger partial charge in [-0.25, -0.2) is 0 Å². The third-order valence-electron chi connectivity index (χ3n) is 2.84. The molecular formula is C15H18N4O. The third-order valence-corrected chi connectivity index (χ3v) is 2.84. The number of rotatable bonds is 5. The summed E-state index contributed by atoms with van der Waals surface area (Å²) in [5.74, 6) is -0.234. The molecule has 0 spiro atoms. The Bertz CT molecular complexity index is 631. The molecule has 5 heteroatoms. The minimum Gasteiger partial charge on any atom is -0.384 e. The number of benzene rings is 1. The van der Waals surface area contributed by atoms with Gasteiger partial charge in [0.1, 0.15) is 0 Å². The molecule has 0 saturated carbocycles. The van der Waals surface area contributed by atoms with Gasteiger partial charge in [0.15, 0.2) is 0 Å². The van der Waals surface area contributed by atoms with Crippen molar-refractivity contribution < 1.29 is 4.79 Å². The molecule has 2 rings (SSSR count). The molecule has 1 aromatic heterocycles. The van der Waals surface area contributed by atoms with E-state index in [-0.39, 0.29) is 5.91 Å². The number of hydrogen-bond acceptors (Lipinski definition) is 3. The first kappa shape index (κ1) is 13.9. The van der Waals surface area contributed by atoms with Crippen molar-refractivity contribution in [2.24, 2.45) is 7.05 Å². The number of nitrogens with one attached hydrogen (secondary N) is 2. The summed E-state index contributed by atoms with van der Waals surface area (Å²) in [6.07, 6.45) is 3.14. The van der Waals surface area contributed by atoms with E-state index in [1.807, 2.05) is 44.4 Å². The van der Waals surface area contributed by atoms with Gasteiger partial charge in [-0.05, 0) is 31.2 Å². The Labute approximate surface area is 118 Å². The van der Waals surface area contributed by atoms with E-state index in [1.54, 1.807) is 4.68 Å². The lowest BCUT2D eigenvalue weighted by molar-refractivity contribution is -0.111. The number of aromatic nitrogens is 2. The fraction of sp³-hybridized carbons (Fsp3) is 0.200. The van der Waals surface area contributed by atoms with Gasteiger partial charge in [0.25, 0.3) is 0 Å².